The van der Waals surface area contributed by atoms with Gasteiger partial charge in [0.25, 0.3) is 0 Å². The van der Waals surface area contributed by atoms with Crippen molar-refractivity contribution in [1.29, 1.82) is 0 Å². The van der Waals surface area contributed by atoms with E-state index >= 15 is 0 Å². The van der Waals surface area contributed by atoms with Crippen molar-refractivity contribution in [3.05, 3.63) is 95.6 Å². The summed E-state index contributed by atoms with van der Waals surface area (Å²) in [6.45, 7) is 1.62. The minimum Gasteiger partial charge on any atom is -0.324 e. The minimum atomic E-state index is -4.31. The predicted octanol–water partition coefficient (Wildman–Crippen LogP) is 3.80. The van der Waals surface area contributed by atoms with Crippen molar-refractivity contribution in [1.82, 2.24) is 4.72 Å². The van der Waals surface area contributed by atoms with Crippen molar-refractivity contribution >= 4 is 21.6 Å². The number of amides is 1. The Labute approximate surface area is 173 Å². The van der Waals surface area contributed by atoms with Gasteiger partial charge < -0.3 is 5.32 Å². The zero-order valence-electron chi connectivity index (χ0n) is 16.1. The van der Waals surface area contributed by atoms with Crippen molar-refractivity contribution in [2.45, 2.75) is 24.3 Å². The molecule has 3 rings (SSSR count). The van der Waals surface area contributed by atoms with Gasteiger partial charge in [0, 0.05) is 5.69 Å². The quantitative estimate of drug-likeness (QED) is 0.599. The monoisotopic (exact) mass is 430 g/mol. The third kappa shape index (κ3) is 5.28. The zero-order chi connectivity index (χ0) is 21.7. The topological polar surface area (TPSA) is 75.3 Å². The van der Waals surface area contributed by atoms with Crippen LogP contribution in [0.5, 0.6) is 0 Å². The predicted molar refractivity (Wildman–Crippen MR) is 110 cm³/mol. The summed E-state index contributed by atoms with van der Waals surface area (Å²) in [5, 5.41) is 2.62. The van der Waals surface area contributed by atoms with Crippen LogP contribution in [0.3, 0.4) is 0 Å². The van der Waals surface area contributed by atoms with Crippen LogP contribution >= 0.6 is 0 Å². The standard InChI is InChI=1S/C22H20F2N2O3S/c1-15-13-17(23)11-12-19(15)25-22(27)20(14-16-7-3-2-4-8-16)26-30(28,29)21-10-6-5-9-18(21)24/h2-13,20,26H,14H2,1H3,(H,25,27). The Hall–Kier alpha value is -3.10. The summed E-state index contributed by atoms with van der Waals surface area (Å²) in [6.07, 6.45) is 0.0423. The van der Waals surface area contributed by atoms with Crippen LogP contribution in [-0.4, -0.2) is 20.4 Å². The maximum Gasteiger partial charge on any atom is 0.244 e. The third-order valence-corrected chi connectivity index (χ3v) is 5.97. The molecule has 2 N–H and O–H groups in total. The summed E-state index contributed by atoms with van der Waals surface area (Å²) in [5.41, 5.74) is 1.55. The van der Waals surface area contributed by atoms with Crippen LogP contribution in [0.1, 0.15) is 11.1 Å². The molecule has 8 heteroatoms. The summed E-state index contributed by atoms with van der Waals surface area (Å²) in [4.78, 5) is 12.4. The Morgan fingerprint density at radius 2 is 1.63 bits per heavy atom. The Bertz CT molecular complexity index is 1150. The van der Waals surface area contributed by atoms with E-state index in [1.165, 1.54) is 30.3 Å². The Morgan fingerprint density at radius 1 is 0.967 bits per heavy atom. The van der Waals surface area contributed by atoms with Crippen LogP contribution in [-0.2, 0) is 21.2 Å². The van der Waals surface area contributed by atoms with Crippen LogP contribution in [0.2, 0.25) is 0 Å². The largest absolute Gasteiger partial charge is 0.324 e. The summed E-state index contributed by atoms with van der Waals surface area (Å²) in [6, 6.07) is 16.4. The van der Waals surface area contributed by atoms with E-state index in [2.05, 4.69) is 10.0 Å². The van der Waals surface area contributed by atoms with E-state index in [9.17, 15) is 22.0 Å². The first-order chi connectivity index (χ1) is 14.3. The molecule has 156 valence electrons. The Balaban J connectivity index is 1.90. The van der Waals surface area contributed by atoms with Gasteiger partial charge in [0.2, 0.25) is 15.9 Å². The van der Waals surface area contributed by atoms with Crippen molar-refractivity contribution in [3.8, 4) is 0 Å². The smallest absolute Gasteiger partial charge is 0.244 e. The van der Waals surface area contributed by atoms with Crippen molar-refractivity contribution in [2.24, 2.45) is 0 Å². The minimum absolute atomic E-state index is 0.0423. The molecule has 3 aromatic rings. The fraction of sp³-hybridized carbons (Fsp3) is 0.136. The molecule has 1 unspecified atom stereocenters. The highest BCUT2D eigenvalue weighted by molar-refractivity contribution is 7.89. The summed E-state index contributed by atoms with van der Waals surface area (Å²) < 4.78 is 55.2. The van der Waals surface area contributed by atoms with Gasteiger partial charge in [0.15, 0.2) is 0 Å². The van der Waals surface area contributed by atoms with Crippen molar-refractivity contribution in [2.75, 3.05) is 5.32 Å². The van der Waals surface area contributed by atoms with Crippen LogP contribution < -0.4 is 10.0 Å². The lowest BCUT2D eigenvalue weighted by Crippen LogP contribution is -2.45. The molecule has 0 aliphatic rings. The second-order valence-electron chi connectivity index (χ2n) is 6.74. The van der Waals surface area contributed by atoms with Gasteiger partial charge in [-0.2, -0.15) is 4.72 Å². The average Bonchev–Trinajstić information content (AvgIpc) is 2.70. The summed E-state index contributed by atoms with van der Waals surface area (Å²) >= 11 is 0. The molecule has 0 saturated heterocycles. The highest BCUT2D eigenvalue weighted by Gasteiger charge is 2.28. The molecule has 5 nitrogen and oxygen atoms in total. The highest BCUT2D eigenvalue weighted by Crippen LogP contribution is 2.18. The van der Waals surface area contributed by atoms with Crippen LogP contribution in [0.4, 0.5) is 14.5 Å². The first-order valence-corrected chi connectivity index (χ1v) is 10.6. The number of benzene rings is 3. The number of sulfonamides is 1. The lowest BCUT2D eigenvalue weighted by atomic mass is 10.1. The highest BCUT2D eigenvalue weighted by atomic mass is 32.2. The number of hydrogen-bond donors (Lipinski definition) is 2. The van der Waals surface area contributed by atoms with E-state index in [0.717, 1.165) is 12.1 Å². The summed E-state index contributed by atoms with van der Waals surface area (Å²) in [5.74, 6) is -2.02. The van der Waals surface area contributed by atoms with Gasteiger partial charge in [-0.3, -0.25) is 4.79 Å². The van der Waals surface area contributed by atoms with Gasteiger partial charge in [-0.15, -0.1) is 0 Å². The van der Waals surface area contributed by atoms with Gasteiger partial charge in [0.05, 0.1) is 0 Å². The Morgan fingerprint density at radius 3 is 2.30 bits per heavy atom. The van der Waals surface area contributed by atoms with Gasteiger partial charge in [-0.25, -0.2) is 17.2 Å². The molecule has 0 heterocycles. The number of nitrogens with one attached hydrogen (secondary N) is 2. The van der Waals surface area contributed by atoms with Crippen molar-refractivity contribution in [3.63, 3.8) is 0 Å². The average molecular weight is 430 g/mol. The molecule has 0 fully saturated rings. The molecule has 3 aromatic carbocycles. The van der Waals surface area contributed by atoms with E-state index < -0.39 is 38.5 Å². The Kier molecular flexibility index (Phi) is 6.59. The molecular weight excluding hydrogens is 410 g/mol. The number of aryl methyl sites for hydroxylation is 1. The first-order valence-electron chi connectivity index (χ1n) is 9.14. The maximum absolute atomic E-state index is 14.0. The number of hydrogen-bond acceptors (Lipinski definition) is 3. The molecule has 0 radical (unpaired) electrons. The van der Waals surface area contributed by atoms with Crippen LogP contribution in [0, 0.1) is 18.6 Å². The second-order valence-corrected chi connectivity index (χ2v) is 8.42. The van der Waals surface area contributed by atoms with Crippen LogP contribution in [0.25, 0.3) is 0 Å². The van der Waals surface area contributed by atoms with Gasteiger partial charge in [-0.05, 0) is 54.8 Å². The molecule has 1 amide bonds. The zero-order valence-corrected chi connectivity index (χ0v) is 16.9. The molecule has 0 saturated carbocycles. The summed E-state index contributed by atoms with van der Waals surface area (Å²) in [7, 11) is -4.31. The number of carbonyl (C=O) groups is 1. The number of halogens is 2. The lowest BCUT2D eigenvalue weighted by molar-refractivity contribution is -0.117. The van der Waals surface area contributed by atoms with E-state index in [-0.39, 0.29) is 6.42 Å². The number of carbonyl (C=O) groups excluding carboxylic acids is 1. The molecule has 0 spiro atoms. The fourth-order valence-electron chi connectivity index (χ4n) is 2.94. The molecule has 0 aromatic heterocycles. The van der Waals surface area contributed by atoms with Gasteiger partial charge in [0.1, 0.15) is 22.6 Å². The van der Waals surface area contributed by atoms with E-state index in [1.54, 1.807) is 37.3 Å². The molecule has 1 atom stereocenters. The maximum atomic E-state index is 14.0. The number of rotatable bonds is 7. The van der Waals surface area contributed by atoms with Gasteiger partial charge >= 0.3 is 0 Å². The number of anilines is 1. The fourth-order valence-corrected chi connectivity index (χ4v) is 4.21. The lowest BCUT2D eigenvalue weighted by Gasteiger charge is -2.19. The molecule has 30 heavy (non-hydrogen) atoms. The van der Waals surface area contributed by atoms with Crippen molar-refractivity contribution < 1.29 is 22.0 Å². The first kappa shape index (κ1) is 21.6. The molecule has 0 aliphatic carbocycles. The van der Waals surface area contributed by atoms with E-state index in [1.807, 2.05) is 0 Å². The molecule has 0 bridgehead atoms. The van der Waals surface area contributed by atoms with E-state index in [0.29, 0.717) is 16.8 Å². The van der Waals surface area contributed by atoms with E-state index in [4.69, 9.17) is 0 Å². The third-order valence-electron chi connectivity index (χ3n) is 4.47. The van der Waals surface area contributed by atoms with Gasteiger partial charge in [-0.1, -0.05) is 42.5 Å². The normalized spacial score (nSPS) is 12.4. The van der Waals surface area contributed by atoms with Crippen LogP contribution in [0.15, 0.2) is 77.7 Å². The molecule has 0 aliphatic heterocycles. The second kappa shape index (κ2) is 9.15. The SMILES string of the molecule is Cc1cc(F)ccc1NC(=O)C(Cc1ccccc1)NS(=O)(=O)c1ccccc1F. The molecular formula is C22H20F2N2O3S.